The van der Waals surface area contributed by atoms with Crippen LogP contribution in [0.2, 0.25) is 0 Å². The molecule has 1 aliphatic rings. The topological polar surface area (TPSA) is 68.3 Å². The average molecular weight is 427 g/mol. The first-order chi connectivity index (χ1) is 14.8. The molecule has 0 aromatic heterocycles. The first-order valence-electron chi connectivity index (χ1n) is 10.4. The van der Waals surface area contributed by atoms with E-state index in [2.05, 4.69) is 0 Å². The Morgan fingerprint density at radius 3 is 1.74 bits per heavy atom. The summed E-state index contributed by atoms with van der Waals surface area (Å²) >= 11 is 0. The monoisotopic (exact) mass is 426 g/mol. The quantitative estimate of drug-likeness (QED) is 0.604. The molecule has 1 heterocycles. The van der Waals surface area contributed by atoms with Gasteiger partial charge in [-0.25, -0.2) is 0 Å². The number of amides is 2. The summed E-state index contributed by atoms with van der Waals surface area (Å²) in [6.07, 6.45) is -0.900. The maximum absolute atomic E-state index is 13.6. The van der Waals surface area contributed by atoms with Crippen molar-refractivity contribution >= 4 is 17.5 Å². The standard InChI is InChI=1S/C24H30N2O5/c1-15(2)25(16(3)4)23(27)21-22(31-20-13-11-19(30-6)12-14-20)24(28)26(21)17-7-9-18(29-5)10-8-17/h7-16,21-22H,1-6H3/t21-,22-/m0/s1. The molecule has 3 rings (SSSR count). The predicted molar refractivity (Wildman–Crippen MR) is 119 cm³/mol. The number of rotatable bonds is 8. The number of hydrogen-bond donors (Lipinski definition) is 0. The summed E-state index contributed by atoms with van der Waals surface area (Å²) in [5.41, 5.74) is 0.631. The van der Waals surface area contributed by atoms with E-state index in [0.29, 0.717) is 22.9 Å². The molecule has 2 amide bonds. The first-order valence-corrected chi connectivity index (χ1v) is 10.4. The molecule has 0 N–H and O–H groups in total. The summed E-state index contributed by atoms with van der Waals surface area (Å²) in [6.45, 7) is 7.87. The highest BCUT2D eigenvalue weighted by Gasteiger charge is 2.55. The molecular formula is C24H30N2O5. The lowest BCUT2D eigenvalue weighted by atomic mass is 9.93. The fourth-order valence-electron chi connectivity index (χ4n) is 3.91. The number of hydrogen-bond acceptors (Lipinski definition) is 5. The molecule has 2 aromatic carbocycles. The Labute approximate surface area is 183 Å². The third-order valence-electron chi connectivity index (χ3n) is 5.34. The summed E-state index contributed by atoms with van der Waals surface area (Å²) < 4.78 is 16.4. The smallest absolute Gasteiger partial charge is 0.271 e. The van der Waals surface area contributed by atoms with E-state index in [0.717, 1.165) is 0 Å². The molecule has 0 saturated carbocycles. The van der Waals surface area contributed by atoms with E-state index in [1.165, 1.54) is 4.90 Å². The highest BCUT2D eigenvalue weighted by molar-refractivity contribution is 6.13. The molecule has 0 aliphatic carbocycles. The Morgan fingerprint density at radius 2 is 1.29 bits per heavy atom. The third-order valence-corrected chi connectivity index (χ3v) is 5.34. The molecule has 166 valence electrons. The van der Waals surface area contributed by atoms with E-state index in [9.17, 15) is 9.59 Å². The molecule has 0 bridgehead atoms. The van der Waals surface area contributed by atoms with E-state index >= 15 is 0 Å². The van der Waals surface area contributed by atoms with Crippen LogP contribution >= 0.6 is 0 Å². The molecule has 2 atom stereocenters. The van der Waals surface area contributed by atoms with Crippen LogP contribution in [-0.2, 0) is 9.59 Å². The molecule has 0 spiro atoms. The predicted octanol–water partition coefficient (Wildman–Crippen LogP) is 3.51. The van der Waals surface area contributed by atoms with Crippen molar-refractivity contribution in [1.82, 2.24) is 4.90 Å². The zero-order valence-electron chi connectivity index (χ0n) is 18.9. The Kier molecular flexibility index (Phi) is 6.73. The summed E-state index contributed by atoms with van der Waals surface area (Å²) in [6, 6.07) is 13.3. The van der Waals surface area contributed by atoms with Gasteiger partial charge >= 0.3 is 0 Å². The second-order valence-electron chi connectivity index (χ2n) is 8.00. The molecule has 0 unspecified atom stereocenters. The Balaban J connectivity index is 1.92. The Hall–Kier alpha value is -3.22. The van der Waals surface area contributed by atoms with Crippen molar-refractivity contribution in [2.24, 2.45) is 0 Å². The second-order valence-corrected chi connectivity index (χ2v) is 8.00. The van der Waals surface area contributed by atoms with Crippen LogP contribution in [-0.4, -0.2) is 55.2 Å². The minimum atomic E-state index is -0.900. The van der Waals surface area contributed by atoms with Gasteiger partial charge in [0.1, 0.15) is 17.2 Å². The van der Waals surface area contributed by atoms with Crippen LogP contribution in [0.4, 0.5) is 5.69 Å². The van der Waals surface area contributed by atoms with Crippen molar-refractivity contribution in [3.8, 4) is 17.2 Å². The highest BCUT2D eigenvalue weighted by Crippen LogP contribution is 2.34. The number of nitrogens with zero attached hydrogens (tertiary/aromatic N) is 2. The van der Waals surface area contributed by atoms with Crippen LogP contribution in [0.3, 0.4) is 0 Å². The SMILES string of the molecule is COc1ccc(O[C@@H]2C(=O)N(c3ccc(OC)cc3)[C@@H]2C(=O)N(C(C)C)C(C)C)cc1. The minimum Gasteiger partial charge on any atom is -0.497 e. The fourth-order valence-corrected chi connectivity index (χ4v) is 3.91. The van der Waals surface area contributed by atoms with E-state index < -0.39 is 12.1 Å². The summed E-state index contributed by atoms with van der Waals surface area (Å²) in [4.78, 5) is 30.0. The average Bonchev–Trinajstić information content (AvgIpc) is 2.75. The van der Waals surface area contributed by atoms with Gasteiger partial charge in [0.25, 0.3) is 11.8 Å². The molecule has 1 aliphatic heterocycles. The van der Waals surface area contributed by atoms with Crippen molar-refractivity contribution in [3.63, 3.8) is 0 Å². The van der Waals surface area contributed by atoms with Gasteiger partial charge in [-0.1, -0.05) is 0 Å². The molecule has 1 fully saturated rings. The summed E-state index contributed by atoms with van der Waals surface area (Å²) in [5, 5.41) is 0. The van der Waals surface area contributed by atoms with Gasteiger partial charge in [-0.05, 0) is 76.2 Å². The third kappa shape index (κ3) is 4.45. The van der Waals surface area contributed by atoms with E-state index in [1.807, 2.05) is 27.7 Å². The number of carbonyl (C=O) groups is 2. The number of carbonyl (C=O) groups excluding carboxylic acids is 2. The van der Waals surface area contributed by atoms with Crippen molar-refractivity contribution in [2.45, 2.75) is 51.9 Å². The maximum Gasteiger partial charge on any atom is 0.271 e. The van der Waals surface area contributed by atoms with Gasteiger partial charge in [-0.3, -0.25) is 14.5 Å². The molecule has 31 heavy (non-hydrogen) atoms. The molecule has 0 radical (unpaired) electrons. The van der Waals surface area contributed by atoms with E-state index in [1.54, 1.807) is 67.7 Å². The van der Waals surface area contributed by atoms with Crippen LogP contribution in [0.5, 0.6) is 17.2 Å². The zero-order valence-corrected chi connectivity index (χ0v) is 18.9. The van der Waals surface area contributed by atoms with Gasteiger partial charge in [-0.2, -0.15) is 0 Å². The van der Waals surface area contributed by atoms with Gasteiger partial charge in [0.15, 0.2) is 6.04 Å². The number of methoxy groups -OCH3 is 2. The van der Waals surface area contributed by atoms with Crippen LogP contribution in [0.25, 0.3) is 0 Å². The van der Waals surface area contributed by atoms with Crippen LogP contribution in [0.1, 0.15) is 27.7 Å². The lowest BCUT2D eigenvalue weighted by Gasteiger charge is -2.48. The highest BCUT2D eigenvalue weighted by atomic mass is 16.5. The van der Waals surface area contributed by atoms with Gasteiger partial charge < -0.3 is 19.1 Å². The van der Waals surface area contributed by atoms with Crippen molar-refractivity contribution in [1.29, 1.82) is 0 Å². The second kappa shape index (κ2) is 9.29. The molecular weight excluding hydrogens is 396 g/mol. The lowest BCUT2D eigenvalue weighted by Crippen LogP contribution is -2.73. The van der Waals surface area contributed by atoms with Crippen LogP contribution < -0.4 is 19.1 Å². The molecule has 7 heteroatoms. The van der Waals surface area contributed by atoms with Gasteiger partial charge in [0.2, 0.25) is 6.10 Å². The summed E-state index contributed by atoms with van der Waals surface area (Å²) in [5.74, 6) is 1.47. The lowest BCUT2D eigenvalue weighted by molar-refractivity contribution is -0.150. The minimum absolute atomic E-state index is 0.0115. The Bertz CT molecular complexity index is 901. The zero-order chi connectivity index (χ0) is 22.7. The normalized spacial score (nSPS) is 18.1. The van der Waals surface area contributed by atoms with E-state index in [-0.39, 0.29) is 23.9 Å². The van der Waals surface area contributed by atoms with Crippen LogP contribution in [0, 0.1) is 0 Å². The van der Waals surface area contributed by atoms with Gasteiger partial charge in [0, 0.05) is 17.8 Å². The molecule has 2 aromatic rings. The van der Waals surface area contributed by atoms with Crippen molar-refractivity contribution < 1.29 is 23.8 Å². The number of ether oxygens (including phenoxy) is 3. The fraction of sp³-hybridized carbons (Fsp3) is 0.417. The Morgan fingerprint density at radius 1 is 0.839 bits per heavy atom. The maximum atomic E-state index is 13.6. The van der Waals surface area contributed by atoms with E-state index in [4.69, 9.17) is 14.2 Å². The number of β-lactam (4-membered cyclic amide) rings is 1. The summed E-state index contributed by atoms with van der Waals surface area (Å²) in [7, 11) is 3.16. The van der Waals surface area contributed by atoms with Crippen molar-refractivity contribution in [3.05, 3.63) is 48.5 Å². The van der Waals surface area contributed by atoms with Gasteiger partial charge in [-0.15, -0.1) is 0 Å². The number of benzene rings is 2. The first kappa shape index (κ1) is 22.5. The van der Waals surface area contributed by atoms with Crippen molar-refractivity contribution in [2.75, 3.05) is 19.1 Å². The molecule has 7 nitrogen and oxygen atoms in total. The van der Waals surface area contributed by atoms with Gasteiger partial charge in [0.05, 0.1) is 14.2 Å². The largest absolute Gasteiger partial charge is 0.497 e. The van der Waals surface area contributed by atoms with Crippen LogP contribution in [0.15, 0.2) is 48.5 Å². The molecule has 1 saturated heterocycles. The number of anilines is 1.